The Labute approximate surface area is 144 Å². The van der Waals surface area contributed by atoms with E-state index in [1.165, 1.54) is 30.7 Å². The molecule has 1 N–H and O–H groups in total. The highest BCUT2D eigenvalue weighted by atomic mass is 32.2. The van der Waals surface area contributed by atoms with Crippen LogP contribution in [0.15, 0.2) is 44.8 Å². The summed E-state index contributed by atoms with van der Waals surface area (Å²) in [5.74, 6) is -1.34. The van der Waals surface area contributed by atoms with E-state index < -0.39 is 11.9 Å². The van der Waals surface area contributed by atoms with Crippen LogP contribution in [0.25, 0.3) is 10.1 Å². The molecule has 0 saturated carbocycles. The molecule has 1 fully saturated rings. The highest BCUT2D eigenvalue weighted by molar-refractivity contribution is 8.18. The monoisotopic (exact) mass is 363 g/mol. The number of hydrogen-bond donors (Lipinski definition) is 1. The number of methoxy groups -OCH3 is 1. The maximum atomic E-state index is 13.6. The van der Waals surface area contributed by atoms with Crippen molar-refractivity contribution < 1.29 is 18.7 Å². The number of nitrogens with one attached hydrogen (secondary N) is 1. The molecule has 0 spiro atoms. The molecule has 1 aromatic heterocycles. The fourth-order valence-electron chi connectivity index (χ4n) is 1.95. The summed E-state index contributed by atoms with van der Waals surface area (Å²) in [5, 5.41) is 13.1. The second-order valence-corrected chi connectivity index (χ2v) is 6.48. The molecule has 24 heavy (non-hydrogen) atoms. The van der Waals surface area contributed by atoms with Crippen LogP contribution in [0.2, 0.25) is 0 Å². The quantitative estimate of drug-likeness (QED) is 0.393. The second-order valence-electron chi connectivity index (χ2n) is 4.54. The molecule has 3 rings (SSSR count). The Bertz CT molecular complexity index is 918. The van der Waals surface area contributed by atoms with Crippen molar-refractivity contribution in [3.8, 4) is 0 Å². The SMILES string of the molecule is COC(=O)/C=C1/S/C(=N\N=Cc2ccc(F)c3sccc23)NC1=O. The zero-order chi connectivity index (χ0) is 17.1. The molecule has 0 atom stereocenters. The van der Waals surface area contributed by atoms with Gasteiger partial charge in [0.15, 0.2) is 5.17 Å². The molecule has 122 valence electrons. The summed E-state index contributed by atoms with van der Waals surface area (Å²) in [6, 6.07) is 4.79. The summed E-state index contributed by atoms with van der Waals surface area (Å²) in [7, 11) is 1.23. The number of ether oxygens (including phenoxy) is 1. The van der Waals surface area contributed by atoms with Crippen molar-refractivity contribution in [2.24, 2.45) is 10.2 Å². The minimum atomic E-state index is -0.622. The van der Waals surface area contributed by atoms with Crippen LogP contribution < -0.4 is 5.32 Å². The molecule has 1 saturated heterocycles. The number of rotatable bonds is 3. The highest BCUT2D eigenvalue weighted by Crippen LogP contribution is 2.26. The number of thiophene rings is 1. The summed E-state index contributed by atoms with van der Waals surface area (Å²) in [6.07, 6.45) is 2.57. The molecule has 0 unspecified atom stereocenters. The smallest absolute Gasteiger partial charge is 0.331 e. The van der Waals surface area contributed by atoms with Gasteiger partial charge in [0.25, 0.3) is 5.91 Å². The van der Waals surface area contributed by atoms with Crippen LogP contribution in [0, 0.1) is 5.82 Å². The normalized spacial score (nSPS) is 18.0. The van der Waals surface area contributed by atoms with Gasteiger partial charge in [-0.1, -0.05) is 0 Å². The predicted octanol–water partition coefficient (Wildman–Crippen LogP) is 2.65. The first-order valence-corrected chi connectivity index (χ1v) is 8.33. The zero-order valence-corrected chi connectivity index (χ0v) is 13.9. The molecule has 0 aliphatic carbocycles. The van der Waals surface area contributed by atoms with Crippen LogP contribution in [0.3, 0.4) is 0 Å². The van der Waals surface area contributed by atoms with E-state index in [0.29, 0.717) is 4.70 Å². The van der Waals surface area contributed by atoms with Crippen molar-refractivity contribution in [3.05, 3.63) is 45.9 Å². The maximum Gasteiger partial charge on any atom is 0.331 e. The third-order valence-corrected chi connectivity index (χ3v) is 4.87. The van der Waals surface area contributed by atoms with E-state index in [1.54, 1.807) is 17.5 Å². The third-order valence-electron chi connectivity index (χ3n) is 3.05. The van der Waals surface area contributed by atoms with Gasteiger partial charge >= 0.3 is 5.97 Å². The summed E-state index contributed by atoms with van der Waals surface area (Å²) in [4.78, 5) is 23.0. The van der Waals surface area contributed by atoms with E-state index in [2.05, 4.69) is 20.3 Å². The maximum absolute atomic E-state index is 13.6. The molecule has 1 aliphatic heterocycles. The van der Waals surface area contributed by atoms with Gasteiger partial charge in [-0.05, 0) is 35.3 Å². The van der Waals surface area contributed by atoms with Crippen LogP contribution in [-0.2, 0) is 14.3 Å². The van der Waals surface area contributed by atoms with E-state index >= 15 is 0 Å². The van der Waals surface area contributed by atoms with Gasteiger partial charge in [-0.3, -0.25) is 10.1 Å². The second kappa shape index (κ2) is 6.93. The minimum Gasteiger partial charge on any atom is -0.466 e. The molecule has 6 nitrogen and oxygen atoms in total. The van der Waals surface area contributed by atoms with E-state index in [1.807, 2.05) is 0 Å². The zero-order valence-electron chi connectivity index (χ0n) is 12.3. The number of esters is 1. The lowest BCUT2D eigenvalue weighted by molar-refractivity contribution is -0.135. The molecule has 9 heteroatoms. The molecule has 2 aromatic rings. The summed E-state index contributed by atoms with van der Waals surface area (Å²) < 4.78 is 18.7. The first-order chi connectivity index (χ1) is 11.6. The van der Waals surface area contributed by atoms with E-state index in [-0.39, 0.29) is 15.9 Å². The lowest BCUT2D eigenvalue weighted by atomic mass is 10.1. The number of halogens is 1. The Balaban J connectivity index is 1.78. The lowest BCUT2D eigenvalue weighted by Crippen LogP contribution is -2.19. The fraction of sp³-hybridized carbons (Fsp3) is 0.0667. The van der Waals surface area contributed by atoms with Crippen LogP contribution in [0.4, 0.5) is 4.39 Å². The van der Waals surface area contributed by atoms with Crippen molar-refractivity contribution in [3.63, 3.8) is 0 Å². The number of carbonyl (C=O) groups excluding carboxylic acids is 2. The number of benzene rings is 1. The van der Waals surface area contributed by atoms with Crippen LogP contribution in [-0.4, -0.2) is 30.4 Å². The Morgan fingerprint density at radius 1 is 1.38 bits per heavy atom. The lowest BCUT2D eigenvalue weighted by Gasteiger charge is -1.96. The molecular formula is C15H10FN3O3S2. The number of hydrogen-bond acceptors (Lipinski definition) is 7. The number of amidine groups is 1. The molecule has 0 bridgehead atoms. The number of fused-ring (bicyclic) bond motifs is 1. The number of amides is 1. The number of thioether (sulfide) groups is 1. The molecule has 0 radical (unpaired) electrons. The van der Waals surface area contributed by atoms with Crippen molar-refractivity contribution in [1.82, 2.24) is 5.32 Å². The van der Waals surface area contributed by atoms with E-state index in [0.717, 1.165) is 28.8 Å². The van der Waals surface area contributed by atoms with E-state index in [9.17, 15) is 14.0 Å². The van der Waals surface area contributed by atoms with E-state index in [4.69, 9.17) is 0 Å². The molecule has 2 heterocycles. The topological polar surface area (TPSA) is 80.1 Å². The van der Waals surface area contributed by atoms with Crippen LogP contribution in [0.5, 0.6) is 0 Å². The fourth-order valence-corrected chi connectivity index (χ4v) is 3.52. The standard InChI is InChI=1S/C15H10FN3O3S2/c1-22-12(20)6-11-14(21)18-15(24-11)19-17-7-8-2-3-10(16)13-9(8)4-5-23-13/h2-7H,1H3,(H,18,19,21)/b11-6+,17-7?. The van der Waals surface area contributed by atoms with Gasteiger partial charge in [-0.2, -0.15) is 5.10 Å². The van der Waals surface area contributed by atoms with Gasteiger partial charge in [0.2, 0.25) is 0 Å². The van der Waals surface area contributed by atoms with Crippen molar-refractivity contribution in [2.75, 3.05) is 7.11 Å². The number of nitrogens with zero attached hydrogens (tertiary/aromatic N) is 2. The van der Waals surface area contributed by atoms with Crippen molar-refractivity contribution in [2.45, 2.75) is 0 Å². The Hall–Kier alpha value is -2.52. The Morgan fingerprint density at radius 2 is 2.21 bits per heavy atom. The van der Waals surface area contributed by atoms with Gasteiger partial charge in [-0.25, -0.2) is 9.18 Å². The van der Waals surface area contributed by atoms with Gasteiger partial charge in [0.05, 0.1) is 22.9 Å². The Morgan fingerprint density at radius 3 is 3.00 bits per heavy atom. The molecular weight excluding hydrogens is 353 g/mol. The number of carbonyl (C=O) groups is 2. The minimum absolute atomic E-state index is 0.179. The van der Waals surface area contributed by atoms with Crippen molar-refractivity contribution >= 4 is 56.4 Å². The van der Waals surface area contributed by atoms with Crippen LogP contribution in [0.1, 0.15) is 5.56 Å². The van der Waals surface area contributed by atoms with Crippen LogP contribution >= 0.6 is 23.1 Å². The summed E-state index contributed by atoms with van der Waals surface area (Å²) >= 11 is 2.29. The van der Waals surface area contributed by atoms with Gasteiger partial charge in [-0.15, -0.1) is 16.4 Å². The molecule has 1 aliphatic rings. The Kier molecular flexibility index (Phi) is 4.72. The van der Waals surface area contributed by atoms with Gasteiger partial charge in [0.1, 0.15) is 5.82 Å². The average molecular weight is 363 g/mol. The van der Waals surface area contributed by atoms with Gasteiger partial charge in [0, 0.05) is 17.0 Å². The molecule has 1 aromatic carbocycles. The first-order valence-electron chi connectivity index (χ1n) is 6.64. The average Bonchev–Trinajstić information content (AvgIpc) is 3.18. The summed E-state index contributed by atoms with van der Waals surface area (Å²) in [6.45, 7) is 0. The highest BCUT2D eigenvalue weighted by Gasteiger charge is 2.25. The molecule has 1 amide bonds. The third kappa shape index (κ3) is 3.36. The summed E-state index contributed by atoms with van der Waals surface area (Å²) in [5.41, 5.74) is 0.719. The largest absolute Gasteiger partial charge is 0.466 e. The predicted molar refractivity (Wildman–Crippen MR) is 92.6 cm³/mol. The first kappa shape index (κ1) is 16.3. The van der Waals surface area contributed by atoms with Crippen molar-refractivity contribution in [1.29, 1.82) is 0 Å². The van der Waals surface area contributed by atoms with Gasteiger partial charge < -0.3 is 4.74 Å².